The second kappa shape index (κ2) is 4.96. The largest absolute Gasteiger partial charge is 0.486 e. The van der Waals surface area contributed by atoms with E-state index in [1.165, 1.54) is 25.7 Å². The van der Waals surface area contributed by atoms with Gasteiger partial charge in [-0.15, -0.1) is 0 Å². The van der Waals surface area contributed by atoms with Crippen molar-refractivity contribution < 1.29 is 9.47 Å². The third kappa shape index (κ3) is 2.39. The molecule has 1 fully saturated rings. The Bertz CT molecular complexity index is 372. The van der Waals surface area contributed by atoms with Crippen LogP contribution in [0.5, 0.6) is 11.5 Å². The Morgan fingerprint density at radius 2 is 1.94 bits per heavy atom. The number of para-hydroxylation sites is 2. The van der Waals surface area contributed by atoms with Crippen molar-refractivity contribution >= 4 is 0 Å². The van der Waals surface area contributed by atoms with Gasteiger partial charge in [-0.3, -0.25) is 0 Å². The van der Waals surface area contributed by atoms with E-state index in [0.717, 1.165) is 18.0 Å². The second-order valence-corrected chi connectivity index (χ2v) is 4.82. The molecule has 0 bridgehead atoms. The van der Waals surface area contributed by atoms with Gasteiger partial charge in [0.15, 0.2) is 11.5 Å². The standard InChI is InChI=1S/C14H19NO2/c1-2-6-11(15-9-5-1)14-10-16-12-7-3-4-8-13(12)17-14/h3-4,7-8,11,14-15H,1-2,5-6,9-10H2. The van der Waals surface area contributed by atoms with Crippen molar-refractivity contribution in [2.45, 2.75) is 37.8 Å². The highest BCUT2D eigenvalue weighted by Crippen LogP contribution is 2.32. The summed E-state index contributed by atoms with van der Waals surface area (Å²) >= 11 is 0. The molecule has 0 aliphatic carbocycles. The molecule has 2 unspecified atom stereocenters. The van der Waals surface area contributed by atoms with Gasteiger partial charge in [-0.05, 0) is 31.5 Å². The van der Waals surface area contributed by atoms with Crippen LogP contribution in [0, 0.1) is 0 Å². The molecule has 0 spiro atoms. The van der Waals surface area contributed by atoms with Crippen LogP contribution in [0.4, 0.5) is 0 Å². The molecule has 2 aliphatic heterocycles. The number of nitrogens with one attached hydrogen (secondary N) is 1. The van der Waals surface area contributed by atoms with Crippen molar-refractivity contribution in [3.05, 3.63) is 24.3 Å². The maximum Gasteiger partial charge on any atom is 0.161 e. The van der Waals surface area contributed by atoms with Crippen LogP contribution in [0.3, 0.4) is 0 Å². The molecule has 2 aliphatic rings. The van der Waals surface area contributed by atoms with Crippen LogP contribution < -0.4 is 14.8 Å². The van der Waals surface area contributed by atoms with E-state index in [4.69, 9.17) is 9.47 Å². The summed E-state index contributed by atoms with van der Waals surface area (Å²) in [6, 6.07) is 8.35. The zero-order valence-electron chi connectivity index (χ0n) is 10.0. The van der Waals surface area contributed by atoms with Crippen molar-refractivity contribution in [3.8, 4) is 11.5 Å². The fourth-order valence-electron chi connectivity index (χ4n) is 2.61. The summed E-state index contributed by atoms with van der Waals surface area (Å²) < 4.78 is 11.8. The number of hydrogen-bond donors (Lipinski definition) is 1. The van der Waals surface area contributed by atoms with Crippen molar-refractivity contribution in [1.82, 2.24) is 5.32 Å². The van der Waals surface area contributed by atoms with Gasteiger partial charge in [-0.1, -0.05) is 25.0 Å². The lowest BCUT2D eigenvalue weighted by Gasteiger charge is -2.32. The molecule has 1 saturated heterocycles. The number of fused-ring (bicyclic) bond motifs is 1. The Morgan fingerprint density at radius 1 is 1.06 bits per heavy atom. The molecular weight excluding hydrogens is 214 g/mol. The molecule has 3 nitrogen and oxygen atoms in total. The number of rotatable bonds is 1. The first kappa shape index (κ1) is 10.9. The summed E-state index contributed by atoms with van der Waals surface area (Å²) in [7, 11) is 0. The van der Waals surface area contributed by atoms with Gasteiger partial charge in [0.2, 0.25) is 0 Å². The van der Waals surface area contributed by atoms with Crippen LogP contribution in [0.15, 0.2) is 24.3 Å². The van der Waals surface area contributed by atoms with Gasteiger partial charge < -0.3 is 14.8 Å². The topological polar surface area (TPSA) is 30.5 Å². The molecule has 0 radical (unpaired) electrons. The molecular formula is C14H19NO2. The molecule has 0 aromatic heterocycles. The highest BCUT2D eigenvalue weighted by molar-refractivity contribution is 5.40. The lowest BCUT2D eigenvalue weighted by Crippen LogP contribution is -2.47. The predicted molar refractivity (Wildman–Crippen MR) is 66.6 cm³/mol. The van der Waals surface area contributed by atoms with E-state index in [2.05, 4.69) is 5.32 Å². The highest BCUT2D eigenvalue weighted by atomic mass is 16.6. The maximum atomic E-state index is 6.04. The average Bonchev–Trinajstić information content (AvgIpc) is 2.67. The normalized spacial score (nSPS) is 28.5. The molecule has 3 rings (SSSR count). The van der Waals surface area contributed by atoms with Crippen LogP contribution in [0.2, 0.25) is 0 Å². The Hall–Kier alpha value is -1.22. The summed E-state index contributed by atoms with van der Waals surface area (Å²) in [6.07, 6.45) is 5.24. The zero-order chi connectivity index (χ0) is 11.5. The van der Waals surface area contributed by atoms with Crippen LogP contribution in [0.25, 0.3) is 0 Å². The Labute approximate surface area is 102 Å². The summed E-state index contributed by atoms with van der Waals surface area (Å²) in [5.41, 5.74) is 0. The highest BCUT2D eigenvalue weighted by Gasteiger charge is 2.28. The van der Waals surface area contributed by atoms with Crippen LogP contribution in [-0.2, 0) is 0 Å². The van der Waals surface area contributed by atoms with Crippen molar-refractivity contribution in [2.75, 3.05) is 13.2 Å². The monoisotopic (exact) mass is 233 g/mol. The molecule has 1 aromatic rings. The van der Waals surface area contributed by atoms with E-state index in [1.807, 2.05) is 24.3 Å². The van der Waals surface area contributed by atoms with Crippen LogP contribution >= 0.6 is 0 Å². The zero-order valence-corrected chi connectivity index (χ0v) is 10.0. The second-order valence-electron chi connectivity index (χ2n) is 4.82. The van der Waals surface area contributed by atoms with Crippen LogP contribution in [-0.4, -0.2) is 25.3 Å². The van der Waals surface area contributed by atoms with Gasteiger partial charge in [-0.25, -0.2) is 0 Å². The third-order valence-electron chi connectivity index (χ3n) is 3.58. The van der Waals surface area contributed by atoms with Crippen molar-refractivity contribution in [2.24, 2.45) is 0 Å². The first-order chi connectivity index (χ1) is 8.43. The minimum atomic E-state index is 0.156. The molecule has 0 amide bonds. The quantitative estimate of drug-likeness (QED) is 0.807. The molecule has 17 heavy (non-hydrogen) atoms. The fourth-order valence-corrected chi connectivity index (χ4v) is 2.61. The summed E-state index contributed by atoms with van der Waals surface area (Å²) in [6.45, 7) is 1.76. The molecule has 2 atom stereocenters. The lowest BCUT2D eigenvalue weighted by molar-refractivity contribution is 0.0608. The minimum absolute atomic E-state index is 0.156. The molecule has 0 saturated carbocycles. The first-order valence-electron chi connectivity index (χ1n) is 6.55. The smallest absolute Gasteiger partial charge is 0.161 e. The van der Waals surface area contributed by atoms with Crippen molar-refractivity contribution in [3.63, 3.8) is 0 Å². The number of ether oxygens (including phenoxy) is 2. The summed E-state index contributed by atoms with van der Waals surface area (Å²) in [5.74, 6) is 1.76. The lowest BCUT2D eigenvalue weighted by atomic mass is 10.1. The van der Waals surface area contributed by atoms with E-state index >= 15 is 0 Å². The van der Waals surface area contributed by atoms with Gasteiger partial charge in [0.1, 0.15) is 12.7 Å². The summed E-state index contributed by atoms with van der Waals surface area (Å²) in [4.78, 5) is 0. The molecule has 1 aromatic carbocycles. The van der Waals surface area contributed by atoms with Gasteiger partial charge in [0.25, 0.3) is 0 Å². The van der Waals surface area contributed by atoms with E-state index in [1.54, 1.807) is 0 Å². The Kier molecular flexibility index (Phi) is 3.18. The SMILES string of the molecule is c1ccc2c(c1)OCC(C1CCCCCN1)O2. The predicted octanol–water partition coefficient (Wildman–Crippen LogP) is 2.36. The van der Waals surface area contributed by atoms with Crippen LogP contribution in [0.1, 0.15) is 25.7 Å². The Balaban J connectivity index is 1.70. The average molecular weight is 233 g/mol. The summed E-state index contributed by atoms with van der Waals surface area (Å²) in [5, 5.41) is 3.58. The van der Waals surface area contributed by atoms with Gasteiger partial charge in [-0.2, -0.15) is 0 Å². The van der Waals surface area contributed by atoms with Gasteiger partial charge in [0, 0.05) is 6.04 Å². The van der Waals surface area contributed by atoms with Gasteiger partial charge >= 0.3 is 0 Å². The maximum absolute atomic E-state index is 6.04. The van der Waals surface area contributed by atoms with E-state index in [0.29, 0.717) is 12.6 Å². The molecule has 92 valence electrons. The molecule has 3 heteroatoms. The van der Waals surface area contributed by atoms with E-state index < -0.39 is 0 Å². The van der Waals surface area contributed by atoms with E-state index in [-0.39, 0.29) is 6.10 Å². The fraction of sp³-hybridized carbons (Fsp3) is 0.571. The minimum Gasteiger partial charge on any atom is -0.486 e. The number of benzene rings is 1. The van der Waals surface area contributed by atoms with E-state index in [9.17, 15) is 0 Å². The molecule has 1 N–H and O–H groups in total. The number of hydrogen-bond acceptors (Lipinski definition) is 3. The third-order valence-corrected chi connectivity index (χ3v) is 3.58. The Morgan fingerprint density at radius 3 is 2.88 bits per heavy atom. The first-order valence-corrected chi connectivity index (χ1v) is 6.55. The molecule has 2 heterocycles. The van der Waals surface area contributed by atoms with Gasteiger partial charge in [0.05, 0.1) is 0 Å². The van der Waals surface area contributed by atoms with Crippen molar-refractivity contribution in [1.29, 1.82) is 0 Å².